The molecule has 0 fully saturated rings. The molecule has 0 spiro atoms. The Hall–Kier alpha value is -2.57. The summed E-state index contributed by atoms with van der Waals surface area (Å²) in [7, 11) is 1.46. The van der Waals surface area contributed by atoms with Crippen molar-refractivity contribution in [2.45, 2.75) is 6.54 Å². The molecule has 2 aromatic rings. The Morgan fingerprint density at radius 2 is 2.28 bits per heavy atom. The first-order valence-corrected chi connectivity index (χ1v) is 5.09. The van der Waals surface area contributed by atoms with Crippen LogP contribution in [0, 0.1) is 0 Å². The molecule has 0 amide bonds. The molecule has 0 aliphatic rings. The van der Waals surface area contributed by atoms with Gasteiger partial charge < -0.3 is 14.9 Å². The van der Waals surface area contributed by atoms with Crippen molar-refractivity contribution in [2.75, 3.05) is 7.11 Å². The smallest absolute Gasteiger partial charge is 0.358 e. The minimum Gasteiger partial charge on any atom is -0.504 e. The van der Waals surface area contributed by atoms with Crippen molar-refractivity contribution < 1.29 is 19.7 Å². The summed E-state index contributed by atoms with van der Waals surface area (Å²) in [5.41, 5.74) is 0.642. The number of rotatable bonds is 4. The van der Waals surface area contributed by atoms with Gasteiger partial charge in [-0.3, -0.25) is 0 Å². The van der Waals surface area contributed by atoms with Crippen LogP contribution in [0.5, 0.6) is 11.5 Å². The predicted molar refractivity (Wildman–Crippen MR) is 60.7 cm³/mol. The predicted octanol–water partition coefficient (Wildman–Crippen LogP) is 0.739. The van der Waals surface area contributed by atoms with Crippen molar-refractivity contribution in [1.82, 2.24) is 15.0 Å². The van der Waals surface area contributed by atoms with Crippen molar-refractivity contribution >= 4 is 5.97 Å². The number of carboxylic acids is 1. The molecule has 1 aromatic carbocycles. The van der Waals surface area contributed by atoms with Crippen LogP contribution in [-0.4, -0.2) is 38.3 Å². The molecular formula is C11H11N3O4. The Morgan fingerprint density at radius 1 is 1.50 bits per heavy atom. The molecule has 94 valence electrons. The summed E-state index contributed by atoms with van der Waals surface area (Å²) in [5.74, 6) is -0.726. The van der Waals surface area contributed by atoms with Crippen molar-refractivity contribution in [3.05, 3.63) is 35.7 Å². The summed E-state index contributed by atoms with van der Waals surface area (Å²) in [4.78, 5) is 10.6. The van der Waals surface area contributed by atoms with E-state index >= 15 is 0 Å². The number of nitrogens with zero attached hydrogens (tertiary/aromatic N) is 3. The van der Waals surface area contributed by atoms with Gasteiger partial charge in [0.05, 0.1) is 19.9 Å². The zero-order valence-corrected chi connectivity index (χ0v) is 9.57. The molecule has 0 aliphatic heterocycles. The van der Waals surface area contributed by atoms with E-state index in [1.807, 2.05) is 0 Å². The van der Waals surface area contributed by atoms with Gasteiger partial charge in [-0.1, -0.05) is 11.3 Å². The molecule has 7 nitrogen and oxygen atoms in total. The van der Waals surface area contributed by atoms with Crippen LogP contribution in [0.2, 0.25) is 0 Å². The second-order valence-corrected chi connectivity index (χ2v) is 3.61. The standard InChI is InChI=1S/C11H11N3O4/c1-18-10-3-2-7(4-9(10)15)5-14-6-8(11(16)17)12-13-14/h2-4,6,15H,5H2,1H3,(H,16,17). The van der Waals surface area contributed by atoms with Crippen LogP contribution < -0.4 is 4.74 Å². The van der Waals surface area contributed by atoms with Crippen LogP contribution in [-0.2, 0) is 6.54 Å². The Bertz CT molecular complexity index is 579. The topological polar surface area (TPSA) is 97.5 Å². The second-order valence-electron chi connectivity index (χ2n) is 3.61. The summed E-state index contributed by atoms with van der Waals surface area (Å²) in [6, 6.07) is 4.90. The van der Waals surface area contributed by atoms with E-state index in [1.54, 1.807) is 12.1 Å². The maximum atomic E-state index is 10.6. The number of hydrogen-bond donors (Lipinski definition) is 2. The number of ether oxygens (including phenoxy) is 1. The average molecular weight is 249 g/mol. The van der Waals surface area contributed by atoms with Gasteiger partial charge in [-0.15, -0.1) is 5.10 Å². The minimum absolute atomic E-state index is 0.0218. The highest BCUT2D eigenvalue weighted by Gasteiger charge is 2.09. The quantitative estimate of drug-likeness (QED) is 0.829. The van der Waals surface area contributed by atoms with Gasteiger partial charge in [0.25, 0.3) is 0 Å². The maximum Gasteiger partial charge on any atom is 0.358 e. The summed E-state index contributed by atoms with van der Waals surface area (Å²) in [5, 5.41) is 25.5. The number of benzene rings is 1. The normalized spacial score (nSPS) is 10.3. The van der Waals surface area contributed by atoms with E-state index in [-0.39, 0.29) is 11.4 Å². The number of aromatic nitrogens is 3. The molecule has 7 heteroatoms. The van der Waals surface area contributed by atoms with E-state index in [4.69, 9.17) is 9.84 Å². The van der Waals surface area contributed by atoms with E-state index in [0.717, 1.165) is 5.56 Å². The lowest BCUT2D eigenvalue weighted by molar-refractivity contribution is 0.0690. The molecule has 0 unspecified atom stereocenters. The van der Waals surface area contributed by atoms with Gasteiger partial charge in [0.2, 0.25) is 0 Å². The van der Waals surface area contributed by atoms with Crippen molar-refractivity contribution in [3.8, 4) is 11.5 Å². The first kappa shape index (κ1) is 11.9. The average Bonchev–Trinajstić information content (AvgIpc) is 2.78. The zero-order chi connectivity index (χ0) is 13.1. The fourth-order valence-electron chi connectivity index (χ4n) is 1.49. The number of hydrogen-bond acceptors (Lipinski definition) is 5. The monoisotopic (exact) mass is 249 g/mol. The van der Waals surface area contributed by atoms with E-state index in [1.165, 1.54) is 24.1 Å². The molecule has 0 radical (unpaired) electrons. The van der Waals surface area contributed by atoms with Crippen molar-refractivity contribution in [1.29, 1.82) is 0 Å². The molecule has 0 saturated carbocycles. The van der Waals surface area contributed by atoms with Crippen LogP contribution >= 0.6 is 0 Å². The lowest BCUT2D eigenvalue weighted by atomic mass is 10.2. The molecule has 0 atom stereocenters. The van der Waals surface area contributed by atoms with E-state index in [2.05, 4.69) is 10.3 Å². The van der Waals surface area contributed by atoms with E-state index in [0.29, 0.717) is 12.3 Å². The van der Waals surface area contributed by atoms with Gasteiger partial charge in [0.15, 0.2) is 17.2 Å². The Kier molecular flexibility index (Phi) is 3.13. The highest BCUT2D eigenvalue weighted by Crippen LogP contribution is 2.26. The summed E-state index contributed by atoms with van der Waals surface area (Å²) in [6.45, 7) is 0.317. The lowest BCUT2D eigenvalue weighted by Gasteiger charge is -2.05. The number of aromatic hydroxyl groups is 1. The van der Waals surface area contributed by atoms with Gasteiger partial charge in [0, 0.05) is 0 Å². The van der Waals surface area contributed by atoms with Crippen LogP contribution in [0.3, 0.4) is 0 Å². The second kappa shape index (κ2) is 4.74. The first-order valence-electron chi connectivity index (χ1n) is 5.09. The summed E-state index contributed by atoms with van der Waals surface area (Å²) in [6.07, 6.45) is 1.32. The van der Waals surface area contributed by atoms with Crippen LogP contribution in [0.1, 0.15) is 16.1 Å². The van der Waals surface area contributed by atoms with Crippen molar-refractivity contribution in [3.63, 3.8) is 0 Å². The molecule has 0 bridgehead atoms. The number of carboxylic acid groups (broad SMARTS) is 1. The molecule has 2 rings (SSSR count). The highest BCUT2D eigenvalue weighted by atomic mass is 16.5. The molecule has 0 aliphatic carbocycles. The van der Waals surface area contributed by atoms with Gasteiger partial charge in [-0.25, -0.2) is 9.48 Å². The first-order chi connectivity index (χ1) is 8.60. The Balaban J connectivity index is 2.18. The Morgan fingerprint density at radius 3 is 2.83 bits per heavy atom. The fraction of sp³-hybridized carbons (Fsp3) is 0.182. The number of carbonyl (C=O) groups is 1. The Labute approximate surface area is 102 Å². The van der Waals surface area contributed by atoms with Crippen molar-refractivity contribution in [2.24, 2.45) is 0 Å². The molecule has 1 heterocycles. The molecular weight excluding hydrogens is 238 g/mol. The molecule has 0 saturated heterocycles. The molecule has 2 N–H and O–H groups in total. The SMILES string of the molecule is COc1ccc(Cn2cc(C(=O)O)nn2)cc1O. The van der Waals surface area contributed by atoms with E-state index in [9.17, 15) is 9.90 Å². The third kappa shape index (κ3) is 2.40. The third-order valence-electron chi connectivity index (χ3n) is 2.35. The highest BCUT2D eigenvalue weighted by molar-refractivity contribution is 5.84. The summed E-state index contributed by atoms with van der Waals surface area (Å²) >= 11 is 0. The molecule has 1 aromatic heterocycles. The van der Waals surface area contributed by atoms with Gasteiger partial charge in [-0.2, -0.15) is 0 Å². The van der Waals surface area contributed by atoms with Gasteiger partial charge >= 0.3 is 5.97 Å². The number of phenolic OH excluding ortho intramolecular Hbond substituents is 1. The summed E-state index contributed by atoms with van der Waals surface area (Å²) < 4.78 is 6.30. The van der Waals surface area contributed by atoms with E-state index < -0.39 is 5.97 Å². The van der Waals surface area contributed by atoms with Crippen LogP contribution in [0.15, 0.2) is 24.4 Å². The number of methoxy groups -OCH3 is 1. The lowest BCUT2D eigenvalue weighted by Crippen LogP contribution is -2.00. The van der Waals surface area contributed by atoms with Gasteiger partial charge in [-0.05, 0) is 17.7 Å². The molecule has 18 heavy (non-hydrogen) atoms. The largest absolute Gasteiger partial charge is 0.504 e. The number of phenols is 1. The minimum atomic E-state index is -1.13. The zero-order valence-electron chi connectivity index (χ0n) is 9.57. The van der Waals surface area contributed by atoms with Crippen LogP contribution in [0.4, 0.5) is 0 Å². The van der Waals surface area contributed by atoms with Crippen LogP contribution in [0.25, 0.3) is 0 Å². The maximum absolute atomic E-state index is 10.6. The third-order valence-corrected chi connectivity index (χ3v) is 2.35. The fourth-order valence-corrected chi connectivity index (χ4v) is 1.49. The number of aromatic carboxylic acids is 1. The van der Waals surface area contributed by atoms with Gasteiger partial charge in [0.1, 0.15) is 0 Å².